The number of fused-ring (bicyclic) bond motifs is 1. The van der Waals surface area contributed by atoms with E-state index in [4.69, 9.17) is 9.47 Å². The lowest BCUT2D eigenvalue weighted by atomic mass is 9.95. The maximum absolute atomic E-state index is 12.8. The zero-order valence-corrected chi connectivity index (χ0v) is 16.1. The molecule has 0 aliphatic carbocycles. The third kappa shape index (κ3) is 3.40. The summed E-state index contributed by atoms with van der Waals surface area (Å²) in [6.45, 7) is 0.429. The third-order valence-electron chi connectivity index (χ3n) is 4.94. The maximum Gasteiger partial charge on any atom is 0.255 e. The van der Waals surface area contributed by atoms with Gasteiger partial charge in [-0.2, -0.15) is 0 Å². The minimum Gasteiger partial charge on any atom is -0.493 e. The number of anilines is 1. The molecule has 3 aromatic rings. The van der Waals surface area contributed by atoms with Gasteiger partial charge in [-0.05, 0) is 41.0 Å². The van der Waals surface area contributed by atoms with Crippen molar-refractivity contribution < 1.29 is 19.1 Å². The summed E-state index contributed by atoms with van der Waals surface area (Å²) < 4.78 is 10.5. The first kappa shape index (κ1) is 18.6. The number of carbonyl (C=O) groups is 2. The van der Waals surface area contributed by atoms with Gasteiger partial charge in [0.2, 0.25) is 0 Å². The van der Waals surface area contributed by atoms with Crippen LogP contribution in [0.4, 0.5) is 5.69 Å². The molecule has 2 amide bonds. The van der Waals surface area contributed by atoms with E-state index in [9.17, 15) is 9.59 Å². The molecule has 1 heterocycles. The lowest BCUT2D eigenvalue weighted by molar-refractivity contribution is 0.0966. The van der Waals surface area contributed by atoms with Gasteiger partial charge in [0, 0.05) is 12.1 Å². The van der Waals surface area contributed by atoms with Crippen LogP contribution in [0.5, 0.6) is 11.5 Å². The zero-order valence-electron chi connectivity index (χ0n) is 16.1. The molecule has 0 spiro atoms. The summed E-state index contributed by atoms with van der Waals surface area (Å²) in [5, 5.41) is 5.72. The van der Waals surface area contributed by atoms with Crippen molar-refractivity contribution in [1.29, 1.82) is 0 Å². The highest BCUT2D eigenvalue weighted by atomic mass is 16.5. The molecule has 1 aliphatic rings. The van der Waals surface area contributed by atoms with E-state index in [1.807, 2.05) is 36.4 Å². The van der Waals surface area contributed by atoms with Crippen molar-refractivity contribution >= 4 is 17.5 Å². The largest absolute Gasteiger partial charge is 0.493 e. The summed E-state index contributed by atoms with van der Waals surface area (Å²) in [7, 11) is 3.05. The van der Waals surface area contributed by atoms with Crippen LogP contribution in [0.2, 0.25) is 0 Å². The average molecular weight is 388 g/mol. The molecule has 0 atom stereocenters. The molecule has 0 aromatic heterocycles. The highest BCUT2D eigenvalue weighted by Crippen LogP contribution is 2.34. The molecule has 0 fully saturated rings. The van der Waals surface area contributed by atoms with Crippen LogP contribution in [-0.4, -0.2) is 26.0 Å². The smallest absolute Gasteiger partial charge is 0.255 e. The molecule has 0 saturated carbocycles. The summed E-state index contributed by atoms with van der Waals surface area (Å²) in [4.78, 5) is 25.3. The Kier molecular flexibility index (Phi) is 4.91. The van der Waals surface area contributed by atoms with Gasteiger partial charge in [0.25, 0.3) is 11.8 Å². The highest BCUT2D eigenvalue weighted by molar-refractivity contribution is 6.11. The van der Waals surface area contributed by atoms with Crippen molar-refractivity contribution in [1.82, 2.24) is 5.32 Å². The molecule has 29 heavy (non-hydrogen) atoms. The second-order valence-corrected chi connectivity index (χ2v) is 6.59. The molecule has 0 radical (unpaired) electrons. The van der Waals surface area contributed by atoms with Gasteiger partial charge in [-0.25, -0.2) is 0 Å². The summed E-state index contributed by atoms with van der Waals surface area (Å²) >= 11 is 0. The summed E-state index contributed by atoms with van der Waals surface area (Å²) in [6, 6.07) is 18.5. The Morgan fingerprint density at radius 2 is 1.72 bits per heavy atom. The van der Waals surface area contributed by atoms with E-state index in [2.05, 4.69) is 10.6 Å². The summed E-state index contributed by atoms with van der Waals surface area (Å²) in [6.07, 6.45) is 0. The number of amides is 2. The maximum atomic E-state index is 12.8. The molecule has 4 rings (SSSR count). The van der Waals surface area contributed by atoms with Crippen LogP contribution >= 0.6 is 0 Å². The number of hydrogen-bond acceptors (Lipinski definition) is 4. The van der Waals surface area contributed by atoms with E-state index >= 15 is 0 Å². The Labute approximate surface area is 168 Å². The van der Waals surface area contributed by atoms with Gasteiger partial charge < -0.3 is 20.1 Å². The zero-order chi connectivity index (χ0) is 20.4. The van der Waals surface area contributed by atoms with Gasteiger partial charge in [0.05, 0.1) is 25.5 Å². The monoisotopic (exact) mass is 388 g/mol. The molecular formula is C23H20N2O4. The molecule has 6 heteroatoms. The fraction of sp³-hybridized carbons (Fsp3) is 0.130. The van der Waals surface area contributed by atoms with Crippen LogP contribution in [0.25, 0.3) is 11.1 Å². The van der Waals surface area contributed by atoms with Crippen molar-refractivity contribution in [2.75, 3.05) is 19.5 Å². The number of nitrogens with one attached hydrogen (secondary N) is 2. The highest BCUT2D eigenvalue weighted by Gasteiger charge is 2.27. The number of benzene rings is 3. The van der Waals surface area contributed by atoms with Gasteiger partial charge in [0.15, 0.2) is 11.5 Å². The molecular weight excluding hydrogens is 368 g/mol. The normalized spacial score (nSPS) is 12.1. The van der Waals surface area contributed by atoms with E-state index in [1.54, 1.807) is 24.3 Å². The number of ether oxygens (including phenoxy) is 2. The summed E-state index contributed by atoms with van der Waals surface area (Å²) in [5.41, 5.74) is 4.27. The van der Waals surface area contributed by atoms with Crippen LogP contribution in [0.1, 0.15) is 26.3 Å². The standard InChI is InChI=1S/C23H20N2O4/c1-28-19-11-8-15(12-20(19)29-2)22(26)25-18-10-9-16(14-6-4-3-5-7-14)17-13-24-23(27)21(17)18/h3-12H,13H2,1-2H3,(H,24,27)(H,25,26). The molecule has 0 bridgehead atoms. The Morgan fingerprint density at radius 3 is 2.45 bits per heavy atom. The molecule has 0 unspecified atom stereocenters. The van der Waals surface area contributed by atoms with Gasteiger partial charge in [-0.15, -0.1) is 0 Å². The van der Waals surface area contributed by atoms with Crippen molar-refractivity contribution in [2.45, 2.75) is 6.54 Å². The van der Waals surface area contributed by atoms with Gasteiger partial charge in [0.1, 0.15) is 0 Å². The third-order valence-corrected chi connectivity index (χ3v) is 4.94. The van der Waals surface area contributed by atoms with Crippen molar-refractivity contribution in [3.8, 4) is 22.6 Å². The molecule has 1 aliphatic heterocycles. The van der Waals surface area contributed by atoms with Gasteiger partial charge >= 0.3 is 0 Å². The van der Waals surface area contributed by atoms with Gasteiger partial charge in [-0.3, -0.25) is 9.59 Å². The molecule has 146 valence electrons. The molecule has 0 saturated heterocycles. The average Bonchev–Trinajstić information content (AvgIpc) is 3.16. The second-order valence-electron chi connectivity index (χ2n) is 6.59. The van der Waals surface area contributed by atoms with Crippen LogP contribution in [0.3, 0.4) is 0 Å². The first-order chi connectivity index (χ1) is 14.1. The molecule has 3 aromatic carbocycles. The van der Waals surface area contributed by atoms with E-state index in [1.165, 1.54) is 14.2 Å². The fourth-order valence-electron chi connectivity index (χ4n) is 3.51. The quantitative estimate of drug-likeness (QED) is 0.696. The number of rotatable bonds is 5. The Balaban J connectivity index is 1.69. The Hall–Kier alpha value is -3.80. The van der Waals surface area contributed by atoms with E-state index < -0.39 is 0 Å². The number of carbonyl (C=O) groups excluding carboxylic acids is 2. The minimum absolute atomic E-state index is 0.194. The van der Waals surface area contributed by atoms with Crippen molar-refractivity contribution in [3.05, 3.63) is 77.4 Å². The Bertz CT molecular complexity index is 1090. The molecule has 6 nitrogen and oxygen atoms in total. The lowest BCUT2D eigenvalue weighted by Gasteiger charge is -2.14. The van der Waals surface area contributed by atoms with Crippen LogP contribution < -0.4 is 20.1 Å². The second kappa shape index (κ2) is 7.67. The topological polar surface area (TPSA) is 76.7 Å². The molecule has 2 N–H and O–H groups in total. The fourth-order valence-corrected chi connectivity index (χ4v) is 3.51. The van der Waals surface area contributed by atoms with Gasteiger partial charge in [-0.1, -0.05) is 36.4 Å². The number of methoxy groups -OCH3 is 2. The summed E-state index contributed by atoms with van der Waals surface area (Å²) in [5.74, 6) is 0.472. The predicted molar refractivity (Wildman–Crippen MR) is 111 cm³/mol. The first-order valence-electron chi connectivity index (χ1n) is 9.15. The van der Waals surface area contributed by atoms with Crippen LogP contribution in [0, 0.1) is 0 Å². The minimum atomic E-state index is -0.333. The first-order valence-corrected chi connectivity index (χ1v) is 9.15. The van der Waals surface area contributed by atoms with Crippen molar-refractivity contribution in [3.63, 3.8) is 0 Å². The predicted octanol–water partition coefficient (Wildman–Crippen LogP) is 3.87. The number of hydrogen-bond donors (Lipinski definition) is 2. The van der Waals surface area contributed by atoms with E-state index in [-0.39, 0.29) is 11.8 Å². The SMILES string of the molecule is COc1ccc(C(=O)Nc2ccc(-c3ccccc3)c3c2C(=O)NC3)cc1OC. The van der Waals surface area contributed by atoms with Crippen LogP contribution in [-0.2, 0) is 6.54 Å². The van der Waals surface area contributed by atoms with Crippen LogP contribution in [0.15, 0.2) is 60.7 Å². The van der Waals surface area contributed by atoms with E-state index in [0.29, 0.717) is 34.9 Å². The van der Waals surface area contributed by atoms with Crippen molar-refractivity contribution in [2.24, 2.45) is 0 Å². The van der Waals surface area contributed by atoms with E-state index in [0.717, 1.165) is 16.7 Å². The Morgan fingerprint density at radius 1 is 0.966 bits per heavy atom. The lowest BCUT2D eigenvalue weighted by Crippen LogP contribution is -2.17.